The Balaban J connectivity index is 2.03. The molecule has 1 heterocycles. The molecule has 4 aromatic carbocycles. The van der Waals surface area contributed by atoms with E-state index in [0.29, 0.717) is 27.4 Å². The largest absolute Gasteiger partial charge is 0.416 e. The molecular weight excluding hydrogens is 373 g/mol. The lowest BCUT2D eigenvalue weighted by atomic mass is 9.91. The van der Waals surface area contributed by atoms with Crippen molar-refractivity contribution in [2.45, 2.75) is 6.18 Å². The molecule has 140 valence electrons. The van der Waals surface area contributed by atoms with Crippen LogP contribution in [-0.2, 0) is 6.18 Å². The monoisotopic (exact) mass is 386 g/mol. The highest BCUT2D eigenvalue weighted by atomic mass is 19.4. The van der Waals surface area contributed by atoms with Crippen LogP contribution in [0.25, 0.3) is 43.7 Å². The van der Waals surface area contributed by atoms with Gasteiger partial charge in [0.2, 0.25) is 0 Å². The van der Waals surface area contributed by atoms with Crippen molar-refractivity contribution in [3.05, 3.63) is 83.9 Å². The summed E-state index contributed by atoms with van der Waals surface area (Å²) < 4.78 is 39.7. The summed E-state index contributed by atoms with van der Waals surface area (Å²) in [5.74, 6) is 0. The predicted octanol–water partition coefficient (Wildman–Crippen LogP) is 7.03. The molecule has 0 bridgehead atoms. The molecule has 0 aliphatic rings. The van der Waals surface area contributed by atoms with Gasteiger partial charge in [-0.1, -0.05) is 60.7 Å². The van der Waals surface area contributed by atoms with Crippen LogP contribution in [-0.4, -0.2) is 4.98 Å². The molecular formula is C24H13F3N2. The van der Waals surface area contributed by atoms with Crippen LogP contribution in [0.15, 0.2) is 72.8 Å². The van der Waals surface area contributed by atoms with E-state index in [9.17, 15) is 18.4 Å². The van der Waals surface area contributed by atoms with E-state index < -0.39 is 11.7 Å². The number of benzene rings is 4. The highest BCUT2D eigenvalue weighted by Crippen LogP contribution is 2.42. The molecule has 5 heteroatoms. The Labute approximate surface area is 163 Å². The van der Waals surface area contributed by atoms with Gasteiger partial charge in [0, 0.05) is 27.2 Å². The molecule has 1 aromatic heterocycles. The van der Waals surface area contributed by atoms with Gasteiger partial charge in [-0.2, -0.15) is 18.4 Å². The second-order valence-electron chi connectivity index (χ2n) is 6.91. The molecule has 5 aromatic rings. The third kappa shape index (κ3) is 2.57. The fraction of sp³-hybridized carbons (Fsp3) is 0.0417. The number of nitrogens with zero attached hydrogens (tertiary/aromatic N) is 1. The predicted molar refractivity (Wildman–Crippen MR) is 108 cm³/mol. The first-order valence-electron chi connectivity index (χ1n) is 9.02. The standard InChI is InChI=1S/C24H13F3N2/c25-24(26,27)15-10-11-18-20(12-15)29-23-21(14-6-2-1-3-7-14)17-9-5-4-8-16(17)19(13-28)22(18)23/h1-12,29H. The van der Waals surface area contributed by atoms with Crippen molar-refractivity contribution in [1.29, 1.82) is 5.26 Å². The first-order chi connectivity index (χ1) is 14.0. The van der Waals surface area contributed by atoms with E-state index in [-0.39, 0.29) is 0 Å². The van der Waals surface area contributed by atoms with Crippen LogP contribution in [0.5, 0.6) is 0 Å². The van der Waals surface area contributed by atoms with Crippen molar-refractivity contribution in [2.24, 2.45) is 0 Å². The first-order valence-corrected chi connectivity index (χ1v) is 9.02. The maximum Gasteiger partial charge on any atom is 0.416 e. The fourth-order valence-electron chi connectivity index (χ4n) is 4.03. The van der Waals surface area contributed by atoms with Crippen LogP contribution in [0.1, 0.15) is 11.1 Å². The van der Waals surface area contributed by atoms with E-state index in [4.69, 9.17) is 0 Å². The lowest BCUT2D eigenvalue weighted by Crippen LogP contribution is -2.03. The topological polar surface area (TPSA) is 39.6 Å². The zero-order valence-corrected chi connectivity index (χ0v) is 15.0. The third-order valence-electron chi connectivity index (χ3n) is 5.27. The normalized spacial score (nSPS) is 11.9. The molecule has 1 N–H and O–H groups in total. The van der Waals surface area contributed by atoms with E-state index in [1.807, 2.05) is 54.6 Å². The van der Waals surface area contributed by atoms with Crippen molar-refractivity contribution in [3.63, 3.8) is 0 Å². The van der Waals surface area contributed by atoms with E-state index >= 15 is 0 Å². The number of hydrogen-bond donors (Lipinski definition) is 1. The number of alkyl halides is 3. The number of aromatic nitrogens is 1. The molecule has 0 fully saturated rings. The highest BCUT2D eigenvalue weighted by Gasteiger charge is 2.31. The number of H-pyrrole nitrogens is 1. The molecule has 5 rings (SSSR count). The van der Waals surface area contributed by atoms with Crippen LogP contribution in [0, 0.1) is 11.3 Å². The number of fused-ring (bicyclic) bond motifs is 4. The Kier molecular flexibility index (Phi) is 3.65. The summed E-state index contributed by atoms with van der Waals surface area (Å²) in [7, 11) is 0. The summed E-state index contributed by atoms with van der Waals surface area (Å²) in [6, 6.07) is 23.1. The number of nitriles is 1. The molecule has 0 aliphatic heterocycles. The van der Waals surface area contributed by atoms with Crippen LogP contribution in [0.3, 0.4) is 0 Å². The Bertz CT molecular complexity index is 1440. The minimum atomic E-state index is -4.43. The van der Waals surface area contributed by atoms with Gasteiger partial charge in [0.15, 0.2) is 0 Å². The zero-order chi connectivity index (χ0) is 20.2. The molecule has 0 aliphatic carbocycles. The Hall–Kier alpha value is -3.78. The maximum atomic E-state index is 13.2. The van der Waals surface area contributed by atoms with Crippen LogP contribution in [0.2, 0.25) is 0 Å². The van der Waals surface area contributed by atoms with E-state index in [2.05, 4.69) is 11.1 Å². The fourth-order valence-corrected chi connectivity index (χ4v) is 4.03. The molecule has 29 heavy (non-hydrogen) atoms. The average Bonchev–Trinajstić information content (AvgIpc) is 3.10. The van der Waals surface area contributed by atoms with Gasteiger partial charge in [0.25, 0.3) is 0 Å². The molecule has 2 nitrogen and oxygen atoms in total. The summed E-state index contributed by atoms with van der Waals surface area (Å²) in [5.41, 5.74) is 2.57. The SMILES string of the molecule is N#Cc1c2ccccc2c(-c2ccccc2)c2[nH]c3cc(C(F)(F)F)ccc3c12. The van der Waals surface area contributed by atoms with Crippen LogP contribution < -0.4 is 0 Å². The van der Waals surface area contributed by atoms with E-state index in [1.54, 1.807) is 0 Å². The third-order valence-corrected chi connectivity index (χ3v) is 5.27. The van der Waals surface area contributed by atoms with Gasteiger partial charge in [-0.3, -0.25) is 0 Å². The Morgan fingerprint density at radius 3 is 2.17 bits per heavy atom. The number of aromatic amines is 1. The van der Waals surface area contributed by atoms with Gasteiger partial charge < -0.3 is 4.98 Å². The number of rotatable bonds is 1. The summed E-state index contributed by atoms with van der Waals surface area (Å²) >= 11 is 0. The first kappa shape index (κ1) is 17.3. The molecule has 0 atom stereocenters. The molecule has 0 saturated heterocycles. The lowest BCUT2D eigenvalue weighted by Gasteiger charge is -2.11. The lowest BCUT2D eigenvalue weighted by molar-refractivity contribution is -0.137. The van der Waals surface area contributed by atoms with Crippen LogP contribution in [0.4, 0.5) is 13.2 Å². The van der Waals surface area contributed by atoms with Crippen molar-refractivity contribution in [1.82, 2.24) is 4.98 Å². The molecule has 0 radical (unpaired) electrons. The quantitative estimate of drug-likeness (QED) is 0.330. The molecule has 0 spiro atoms. The van der Waals surface area contributed by atoms with Crippen molar-refractivity contribution >= 4 is 32.6 Å². The summed E-state index contributed by atoms with van der Waals surface area (Å²) in [4.78, 5) is 3.17. The average molecular weight is 386 g/mol. The number of halogens is 3. The minimum absolute atomic E-state index is 0.360. The second-order valence-corrected chi connectivity index (χ2v) is 6.91. The number of nitrogens with one attached hydrogen (secondary N) is 1. The summed E-state index contributed by atoms with van der Waals surface area (Å²) in [6.07, 6.45) is -4.43. The molecule has 0 unspecified atom stereocenters. The van der Waals surface area contributed by atoms with Crippen molar-refractivity contribution < 1.29 is 13.2 Å². The van der Waals surface area contributed by atoms with Gasteiger partial charge in [-0.05, 0) is 23.1 Å². The van der Waals surface area contributed by atoms with Crippen molar-refractivity contribution in [2.75, 3.05) is 0 Å². The summed E-state index contributed by atoms with van der Waals surface area (Å²) in [6.45, 7) is 0. The Morgan fingerprint density at radius 1 is 0.793 bits per heavy atom. The smallest absolute Gasteiger partial charge is 0.354 e. The second kappa shape index (κ2) is 6.11. The van der Waals surface area contributed by atoms with Crippen LogP contribution >= 0.6 is 0 Å². The van der Waals surface area contributed by atoms with Gasteiger partial charge in [-0.25, -0.2) is 0 Å². The van der Waals surface area contributed by atoms with Crippen molar-refractivity contribution in [3.8, 4) is 17.2 Å². The molecule has 0 amide bonds. The Morgan fingerprint density at radius 2 is 1.48 bits per heavy atom. The maximum absolute atomic E-state index is 13.2. The van der Waals surface area contributed by atoms with Gasteiger partial charge >= 0.3 is 6.18 Å². The van der Waals surface area contributed by atoms with E-state index in [0.717, 1.165) is 34.0 Å². The van der Waals surface area contributed by atoms with E-state index in [1.165, 1.54) is 6.07 Å². The zero-order valence-electron chi connectivity index (χ0n) is 15.0. The van der Waals surface area contributed by atoms with Gasteiger partial charge in [0.05, 0.1) is 16.6 Å². The van der Waals surface area contributed by atoms with Gasteiger partial charge in [-0.15, -0.1) is 0 Å². The molecule has 0 saturated carbocycles. The van der Waals surface area contributed by atoms with Gasteiger partial charge in [0.1, 0.15) is 6.07 Å². The minimum Gasteiger partial charge on any atom is -0.354 e. The highest BCUT2D eigenvalue weighted by molar-refractivity contribution is 6.23. The number of hydrogen-bond acceptors (Lipinski definition) is 1. The summed E-state index contributed by atoms with van der Waals surface area (Å²) in [5, 5.41) is 12.8.